The molecule has 1 heterocycles. The predicted octanol–water partition coefficient (Wildman–Crippen LogP) is 1.94. The maximum Gasteiger partial charge on any atom is 0.404 e. The van der Waals surface area contributed by atoms with Gasteiger partial charge in [0.2, 0.25) is 0 Å². The van der Waals surface area contributed by atoms with Gasteiger partial charge in [0.25, 0.3) is 0 Å². The number of carbonyl (C=O) groups is 1. The van der Waals surface area contributed by atoms with Crippen molar-refractivity contribution in [2.75, 3.05) is 6.61 Å². The molecule has 2 aromatic rings. The van der Waals surface area contributed by atoms with Crippen molar-refractivity contribution in [3.05, 3.63) is 35.8 Å². The number of aromatic amines is 1. The van der Waals surface area contributed by atoms with Gasteiger partial charge in [-0.1, -0.05) is 0 Å². The lowest BCUT2D eigenvalue weighted by Gasteiger charge is -2.00. The number of benzene rings is 1. The van der Waals surface area contributed by atoms with Crippen molar-refractivity contribution in [3.63, 3.8) is 0 Å². The molecule has 3 N–H and O–H groups in total. The molecule has 0 bridgehead atoms. The van der Waals surface area contributed by atoms with Gasteiger partial charge in [-0.2, -0.15) is 0 Å². The monoisotopic (exact) mass is 222 g/mol. The second kappa shape index (κ2) is 4.22. The van der Waals surface area contributed by atoms with Crippen LogP contribution < -0.4 is 5.73 Å². The summed E-state index contributed by atoms with van der Waals surface area (Å²) in [5.74, 6) is -0.283. The molecule has 0 aliphatic rings. The Labute approximate surface area is 91.2 Å². The molecule has 1 aromatic carbocycles. The maximum atomic E-state index is 12.9. The van der Waals surface area contributed by atoms with Crippen LogP contribution in [-0.2, 0) is 11.2 Å². The minimum absolute atomic E-state index is 0.222. The summed E-state index contributed by atoms with van der Waals surface area (Å²) in [5, 5.41) is 0.925. The Kier molecular flexibility index (Phi) is 2.76. The number of hydrogen-bond donors (Lipinski definition) is 2. The molecule has 0 aliphatic heterocycles. The van der Waals surface area contributed by atoms with E-state index >= 15 is 0 Å². The zero-order valence-corrected chi connectivity index (χ0v) is 8.50. The number of H-pyrrole nitrogens is 1. The SMILES string of the molecule is NC(=O)OCCc1c[nH]c2cc(F)ccc12. The zero-order valence-electron chi connectivity index (χ0n) is 8.50. The molecule has 2 rings (SSSR count). The van der Waals surface area contributed by atoms with Gasteiger partial charge in [0.1, 0.15) is 5.82 Å². The first-order chi connectivity index (χ1) is 7.66. The van der Waals surface area contributed by atoms with Crippen LogP contribution in [0.1, 0.15) is 5.56 Å². The van der Waals surface area contributed by atoms with Gasteiger partial charge in [-0.05, 0) is 23.8 Å². The number of hydrogen-bond acceptors (Lipinski definition) is 2. The van der Waals surface area contributed by atoms with Crippen LogP contribution in [0.3, 0.4) is 0 Å². The molecule has 1 aromatic heterocycles. The molecule has 0 radical (unpaired) electrons. The Hall–Kier alpha value is -2.04. The van der Waals surface area contributed by atoms with Crippen molar-refractivity contribution in [2.45, 2.75) is 6.42 Å². The first-order valence-corrected chi connectivity index (χ1v) is 4.84. The van der Waals surface area contributed by atoms with Crippen LogP contribution in [0.2, 0.25) is 0 Å². The number of primary amides is 1. The van der Waals surface area contributed by atoms with Crippen LogP contribution >= 0.6 is 0 Å². The van der Waals surface area contributed by atoms with Crippen LogP contribution in [0.5, 0.6) is 0 Å². The van der Waals surface area contributed by atoms with Crippen molar-refractivity contribution in [3.8, 4) is 0 Å². The highest BCUT2D eigenvalue weighted by Gasteiger charge is 2.05. The highest BCUT2D eigenvalue weighted by molar-refractivity contribution is 5.83. The van der Waals surface area contributed by atoms with E-state index in [9.17, 15) is 9.18 Å². The number of nitrogens with one attached hydrogen (secondary N) is 1. The summed E-state index contributed by atoms with van der Waals surface area (Å²) < 4.78 is 17.5. The number of amides is 1. The van der Waals surface area contributed by atoms with Crippen molar-refractivity contribution in [1.29, 1.82) is 0 Å². The Morgan fingerprint density at radius 1 is 1.50 bits per heavy atom. The van der Waals surface area contributed by atoms with Gasteiger partial charge in [0.05, 0.1) is 6.61 Å². The highest BCUT2D eigenvalue weighted by atomic mass is 19.1. The summed E-state index contributed by atoms with van der Waals surface area (Å²) in [7, 11) is 0. The Balaban J connectivity index is 2.15. The van der Waals surface area contributed by atoms with E-state index in [0.29, 0.717) is 6.42 Å². The van der Waals surface area contributed by atoms with Gasteiger partial charge in [-0.3, -0.25) is 0 Å². The fourth-order valence-electron chi connectivity index (χ4n) is 1.63. The average molecular weight is 222 g/mol. The van der Waals surface area contributed by atoms with Crippen LogP contribution in [0, 0.1) is 5.82 Å². The standard InChI is InChI=1S/C11H11FN2O2/c12-8-1-2-9-7(3-4-16-11(13)15)6-14-10(9)5-8/h1-2,5-6,14H,3-4H2,(H2,13,15). The molecular weight excluding hydrogens is 211 g/mol. The molecule has 0 atom stereocenters. The largest absolute Gasteiger partial charge is 0.449 e. The lowest BCUT2D eigenvalue weighted by molar-refractivity contribution is 0.158. The van der Waals surface area contributed by atoms with Crippen LogP contribution in [-0.4, -0.2) is 17.7 Å². The molecule has 0 spiro atoms. The molecular formula is C11H11FN2O2. The van der Waals surface area contributed by atoms with Gasteiger partial charge >= 0.3 is 6.09 Å². The van der Waals surface area contributed by atoms with E-state index in [1.807, 2.05) is 0 Å². The molecule has 0 saturated carbocycles. The quantitative estimate of drug-likeness (QED) is 0.833. The molecule has 0 aliphatic carbocycles. The molecule has 16 heavy (non-hydrogen) atoms. The van der Waals surface area contributed by atoms with Gasteiger partial charge in [-0.25, -0.2) is 9.18 Å². The third-order valence-electron chi connectivity index (χ3n) is 2.35. The summed E-state index contributed by atoms with van der Waals surface area (Å²) in [6, 6.07) is 4.52. The summed E-state index contributed by atoms with van der Waals surface area (Å²) in [5.41, 5.74) is 6.55. The van der Waals surface area contributed by atoms with Crippen molar-refractivity contribution < 1.29 is 13.9 Å². The lowest BCUT2D eigenvalue weighted by atomic mass is 10.1. The molecule has 84 valence electrons. The smallest absolute Gasteiger partial charge is 0.404 e. The van der Waals surface area contributed by atoms with E-state index in [1.165, 1.54) is 12.1 Å². The van der Waals surface area contributed by atoms with E-state index in [0.717, 1.165) is 16.5 Å². The molecule has 0 fully saturated rings. The Morgan fingerprint density at radius 3 is 3.06 bits per heavy atom. The lowest BCUT2D eigenvalue weighted by Crippen LogP contribution is -2.14. The molecule has 1 amide bonds. The van der Waals surface area contributed by atoms with E-state index in [2.05, 4.69) is 9.72 Å². The van der Waals surface area contributed by atoms with Crippen molar-refractivity contribution in [1.82, 2.24) is 4.98 Å². The van der Waals surface area contributed by atoms with Crippen LogP contribution in [0.25, 0.3) is 10.9 Å². The third-order valence-corrected chi connectivity index (χ3v) is 2.35. The average Bonchev–Trinajstić information content (AvgIpc) is 2.60. The highest BCUT2D eigenvalue weighted by Crippen LogP contribution is 2.19. The van der Waals surface area contributed by atoms with Crippen molar-refractivity contribution >= 4 is 17.0 Å². The second-order valence-corrected chi connectivity index (χ2v) is 3.42. The summed E-state index contributed by atoms with van der Waals surface area (Å²) >= 11 is 0. The number of aromatic nitrogens is 1. The zero-order chi connectivity index (χ0) is 11.5. The van der Waals surface area contributed by atoms with E-state index in [-0.39, 0.29) is 12.4 Å². The Morgan fingerprint density at radius 2 is 2.31 bits per heavy atom. The fourth-order valence-corrected chi connectivity index (χ4v) is 1.63. The van der Waals surface area contributed by atoms with E-state index in [4.69, 9.17) is 5.73 Å². The molecule has 0 saturated heterocycles. The second-order valence-electron chi connectivity index (χ2n) is 3.42. The third kappa shape index (κ3) is 2.13. The van der Waals surface area contributed by atoms with Crippen molar-refractivity contribution in [2.24, 2.45) is 5.73 Å². The first-order valence-electron chi connectivity index (χ1n) is 4.84. The minimum Gasteiger partial charge on any atom is -0.449 e. The summed E-state index contributed by atoms with van der Waals surface area (Å²) in [4.78, 5) is 13.3. The number of carbonyl (C=O) groups excluding carboxylic acids is 1. The number of ether oxygens (including phenoxy) is 1. The number of nitrogens with two attached hydrogens (primary N) is 1. The summed E-state index contributed by atoms with van der Waals surface area (Å²) in [6.07, 6.45) is 1.54. The van der Waals surface area contributed by atoms with Crippen LogP contribution in [0.15, 0.2) is 24.4 Å². The molecule has 4 nitrogen and oxygen atoms in total. The van der Waals surface area contributed by atoms with Crippen LogP contribution in [0.4, 0.5) is 9.18 Å². The summed E-state index contributed by atoms with van der Waals surface area (Å²) in [6.45, 7) is 0.222. The normalized spacial score (nSPS) is 10.6. The van der Waals surface area contributed by atoms with Gasteiger partial charge in [0, 0.05) is 23.5 Å². The predicted molar refractivity (Wildman–Crippen MR) is 57.5 cm³/mol. The number of fused-ring (bicyclic) bond motifs is 1. The first kappa shape index (κ1) is 10.5. The molecule has 5 heteroatoms. The topological polar surface area (TPSA) is 68.1 Å². The number of halogens is 1. The van der Waals surface area contributed by atoms with Gasteiger partial charge in [0.15, 0.2) is 0 Å². The minimum atomic E-state index is -0.786. The maximum absolute atomic E-state index is 12.9. The van der Waals surface area contributed by atoms with Gasteiger partial charge in [-0.15, -0.1) is 0 Å². The molecule has 0 unspecified atom stereocenters. The van der Waals surface area contributed by atoms with E-state index in [1.54, 1.807) is 12.3 Å². The van der Waals surface area contributed by atoms with E-state index < -0.39 is 6.09 Å². The van der Waals surface area contributed by atoms with Gasteiger partial charge < -0.3 is 15.5 Å². The fraction of sp³-hybridized carbons (Fsp3) is 0.182. The Bertz CT molecular complexity index is 522. The number of rotatable bonds is 3.